The number of nitrogens with one attached hydrogen (secondary N) is 1. The molecule has 6 nitrogen and oxygen atoms in total. The third kappa shape index (κ3) is 5.59. The molecule has 0 aromatic heterocycles. The average molecular weight is 404 g/mol. The first-order valence-electron chi connectivity index (χ1n) is 7.29. The van der Waals surface area contributed by atoms with Gasteiger partial charge in [0.25, 0.3) is 5.91 Å². The van der Waals surface area contributed by atoms with Crippen LogP contribution in [0.2, 0.25) is 0 Å². The molecule has 24 heavy (non-hydrogen) atoms. The Labute approximate surface area is 147 Å². The van der Waals surface area contributed by atoms with E-state index in [4.69, 9.17) is 4.74 Å². The highest BCUT2D eigenvalue weighted by Crippen LogP contribution is 2.16. The van der Waals surface area contributed by atoms with Crippen LogP contribution < -0.4 is 5.32 Å². The zero-order valence-corrected chi connectivity index (χ0v) is 15.2. The van der Waals surface area contributed by atoms with Gasteiger partial charge in [0.05, 0.1) is 12.7 Å². The average Bonchev–Trinajstić information content (AvgIpc) is 2.56. The fourth-order valence-corrected chi connectivity index (χ4v) is 2.21. The van der Waals surface area contributed by atoms with Crippen LogP contribution >= 0.6 is 15.9 Å². The summed E-state index contributed by atoms with van der Waals surface area (Å²) in [6.07, 6.45) is 0.643. The molecule has 0 fully saturated rings. The Morgan fingerprint density at radius 3 is 2.54 bits per heavy atom. The summed E-state index contributed by atoms with van der Waals surface area (Å²) >= 11 is 3.08. The van der Waals surface area contributed by atoms with E-state index < -0.39 is 36.3 Å². The lowest BCUT2D eigenvalue weighted by molar-refractivity contribution is -0.147. The zero-order chi connectivity index (χ0) is 18.3. The highest BCUT2D eigenvalue weighted by molar-refractivity contribution is 9.10. The number of benzene rings is 1. The molecule has 0 aliphatic carbocycles. The van der Waals surface area contributed by atoms with Crippen molar-refractivity contribution in [2.75, 3.05) is 13.7 Å². The third-order valence-electron chi connectivity index (χ3n) is 3.47. The van der Waals surface area contributed by atoms with Crippen molar-refractivity contribution in [3.63, 3.8) is 0 Å². The second kappa shape index (κ2) is 9.36. The molecule has 0 saturated carbocycles. The van der Waals surface area contributed by atoms with Crippen molar-refractivity contribution in [1.82, 2.24) is 5.32 Å². The molecule has 8 heteroatoms. The number of methoxy groups -OCH3 is 1. The van der Waals surface area contributed by atoms with Gasteiger partial charge in [-0.05, 0) is 24.1 Å². The van der Waals surface area contributed by atoms with Gasteiger partial charge in [-0.15, -0.1) is 0 Å². The van der Waals surface area contributed by atoms with Crippen molar-refractivity contribution in [1.29, 1.82) is 0 Å². The van der Waals surface area contributed by atoms with Crippen molar-refractivity contribution in [3.8, 4) is 0 Å². The van der Waals surface area contributed by atoms with Crippen LogP contribution in [0.1, 0.15) is 30.6 Å². The molecule has 0 aliphatic heterocycles. The monoisotopic (exact) mass is 403 g/mol. The van der Waals surface area contributed by atoms with Gasteiger partial charge in [-0.2, -0.15) is 0 Å². The van der Waals surface area contributed by atoms with Crippen molar-refractivity contribution < 1.29 is 28.2 Å². The number of hydrogen-bond acceptors (Lipinski definition) is 5. The Hall–Kier alpha value is -1.96. The van der Waals surface area contributed by atoms with E-state index in [1.165, 1.54) is 19.2 Å². The minimum Gasteiger partial charge on any atom is -0.467 e. The van der Waals surface area contributed by atoms with E-state index in [2.05, 4.69) is 26.0 Å². The van der Waals surface area contributed by atoms with Gasteiger partial charge >= 0.3 is 11.9 Å². The smallest absolute Gasteiger partial charge is 0.341 e. The van der Waals surface area contributed by atoms with Crippen molar-refractivity contribution >= 4 is 33.8 Å². The normalized spacial score (nSPS) is 12.9. The van der Waals surface area contributed by atoms with Gasteiger partial charge in [-0.1, -0.05) is 36.2 Å². The summed E-state index contributed by atoms with van der Waals surface area (Å²) in [5.41, 5.74) is -0.280. The van der Waals surface area contributed by atoms with Crippen LogP contribution in [0, 0.1) is 11.7 Å². The number of ether oxygens (including phenoxy) is 2. The second-order valence-corrected chi connectivity index (χ2v) is 6.07. The fraction of sp³-hybridized carbons (Fsp3) is 0.438. The topological polar surface area (TPSA) is 81.7 Å². The summed E-state index contributed by atoms with van der Waals surface area (Å²) in [5, 5.41) is 2.46. The zero-order valence-electron chi connectivity index (χ0n) is 13.6. The van der Waals surface area contributed by atoms with Crippen LogP contribution in [-0.2, 0) is 19.1 Å². The highest BCUT2D eigenvalue weighted by atomic mass is 79.9. The van der Waals surface area contributed by atoms with Gasteiger partial charge < -0.3 is 14.8 Å². The SMILES string of the molecule is CC[C@@H](C)[C@H](NC(=O)COC(=O)c1ccc(Br)cc1F)C(=O)OC. The summed E-state index contributed by atoms with van der Waals surface area (Å²) in [6, 6.07) is 3.01. The van der Waals surface area contributed by atoms with E-state index in [0.717, 1.165) is 6.07 Å². The molecule has 0 bridgehead atoms. The molecule has 0 heterocycles. The molecule has 0 unspecified atom stereocenters. The van der Waals surface area contributed by atoms with Gasteiger partial charge in [0.1, 0.15) is 11.9 Å². The van der Waals surface area contributed by atoms with E-state index >= 15 is 0 Å². The van der Waals surface area contributed by atoms with Gasteiger partial charge in [-0.3, -0.25) is 4.79 Å². The molecule has 132 valence electrons. The molecular formula is C16H19BrFNO5. The van der Waals surface area contributed by atoms with E-state index in [0.29, 0.717) is 10.9 Å². The molecule has 0 spiro atoms. The highest BCUT2D eigenvalue weighted by Gasteiger charge is 2.27. The minimum absolute atomic E-state index is 0.152. The number of halogens is 2. The summed E-state index contributed by atoms with van der Waals surface area (Å²) < 4.78 is 23.5. The van der Waals surface area contributed by atoms with E-state index in [9.17, 15) is 18.8 Å². The number of esters is 2. The van der Waals surface area contributed by atoms with Crippen LogP contribution in [0.15, 0.2) is 22.7 Å². The first-order chi connectivity index (χ1) is 11.3. The molecule has 2 atom stereocenters. The summed E-state index contributed by atoms with van der Waals surface area (Å²) in [4.78, 5) is 35.4. The quantitative estimate of drug-likeness (QED) is 0.707. The van der Waals surface area contributed by atoms with Crippen LogP contribution in [-0.4, -0.2) is 37.6 Å². The minimum atomic E-state index is -0.965. The third-order valence-corrected chi connectivity index (χ3v) is 3.96. The molecule has 1 aromatic rings. The Balaban J connectivity index is 2.64. The van der Waals surface area contributed by atoms with Gasteiger partial charge in [0, 0.05) is 4.47 Å². The molecule has 1 aromatic carbocycles. The molecule has 0 radical (unpaired) electrons. The van der Waals surface area contributed by atoms with E-state index in [1.807, 2.05) is 6.92 Å². The number of hydrogen-bond donors (Lipinski definition) is 1. The van der Waals surface area contributed by atoms with Gasteiger partial charge in [-0.25, -0.2) is 14.0 Å². The van der Waals surface area contributed by atoms with Crippen LogP contribution in [0.5, 0.6) is 0 Å². The molecule has 0 saturated heterocycles. The molecule has 1 amide bonds. The molecule has 1 rings (SSSR count). The predicted octanol–water partition coefficient (Wildman–Crippen LogP) is 2.45. The standard InChI is InChI=1S/C16H19BrFNO5/c1-4-9(2)14(16(22)23-3)19-13(20)8-24-15(21)11-6-5-10(17)7-12(11)18/h5-7,9,14H,4,8H2,1-3H3,(H,19,20)/t9-,14+/m1/s1. The summed E-state index contributed by atoms with van der Waals surface area (Å²) in [7, 11) is 1.22. The lowest BCUT2D eigenvalue weighted by Crippen LogP contribution is -2.47. The first-order valence-corrected chi connectivity index (χ1v) is 8.08. The number of carbonyl (C=O) groups excluding carboxylic acids is 3. The number of rotatable bonds is 7. The van der Waals surface area contributed by atoms with E-state index in [1.54, 1.807) is 6.92 Å². The molecular weight excluding hydrogens is 385 g/mol. The lowest BCUT2D eigenvalue weighted by Gasteiger charge is -2.21. The van der Waals surface area contributed by atoms with Crippen molar-refractivity contribution in [2.45, 2.75) is 26.3 Å². The lowest BCUT2D eigenvalue weighted by atomic mass is 9.99. The first kappa shape index (κ1) is 20.1. The van der Waals surface area contributed by atoms with Crippen molar-refractivity contribution in [3.05, 3.63) is 34.1 Å². The van der Waals surface area contributed by atoms with Crippen molar-refractivity contribution in [2.24, 2.45) is 5.92 Å². The largest absolute Gasteiger partial charge is 0.467 e. The predicted molar refractivity (Wildman–Crippen MR) is 87.8 cm³/mol. The number of amides is 1. The summed E-state index contributed by atoms with van der Waals surface area (Å²) in [5.74, 6) is -3.13. The Kier molecular flexibility index (Phi) is 7.84. The van der Waals surface area contributed by atoms with E-state index in [-0.39, 0.29) is 11.5 Å². The maximum absolute atomic E-state index is 13.6. The van der Waals surface area contributed by atoms with Gasteiger partial charge in [0.15, 0.2) is 6.61 Å². The maximum atomic E-state index is 13.6. The fourth-order valence-electron chi connectivity index (χ4n) is 1.88. The van der Waals surface area contributed by atoms with Crippen LogP contribution in [0.3, 0.4) is 0 Å². The number of carbonyl (C=O) groups is 3. The Morgan fingerprint density at radius 2 is 2.00 bits per heavy atom. The molecule has 0 aliphatic rings. The van der Waals surface area contributed by atoms with Crippen LogP contribution in [0.25, 0.3) is 0 Å². The Morgan fingerprint density at radius 1 is 1.33 bits per heavy atom. The second-order valence-electron chi connectivity index (χ2n) is 5.15. The summed E-state index contributed by atoms with van der Waals surface area (Å²) in [6.45, 7) is 3.02. The Bertz CT molecular complexity index is 622. The maximum Gasteiger partial charge on any atom is 0.341 e. The molecule has 1 N–H and O–H groups in total. The van der Waals surface area contributed by atoms with Gasteiger partial charge in [0.2, 0.25) is 0 Å². The van der Waals surface area contributed by atoms with Crippen LogP contribution in [0.4, 0.5) is 4.39 Å².